The molecule has 0 saturated heterocycles. The van der Waals surface area contributed by atoms with E-state index >= 15 is 0 Å². The molecule has 3 heterocycles. The maximum atomic E-state index is 10.1. The van der Waals surface area contributed by atoms with Crippen LogP contribution in [-0.4, -0.2) is 66.4 Å². The quantitative estimate of drug-likeness (QED) is 0.166. The standard InChI is InChI=1S/3C6H4N2O4.3Mn.6H2O/c3*9-5(10)3-1-2-4(6(11)12)8-7-3;;;;;;;;;/h3*1-2H,(H,9,10)(H,11,12);;;;6*1H2/q;;;3*+2;;;;;;. The molecule has 3 radical (unpaired) electrons. The minimum Gasteiger partial charge on any atom is -0.543 e. The summed E-state index contributed by atoms with van der Waals surface area (Å²) < 4.78 is 0. The van der Waals surface area contributed by atoms with Gasteiger partial charge in [-0.25, -0.2) is 0 Å². The van der Waals surface area contributed by atoms with Crippen molar-refractivity contribution >= 4 is 35.8 Å². The van der Waals surface area contributed by atoms with Gasteiger partial charge in [0.15, 0.2) is 0 Å². The van der Waals surface area contributed by atoms with E-state index in [0.717, 1.165) is 36.4 Å². The first-order valence-electron chi connectivity index (χ1n) is 8.62. The van der Waals surface area contributed by atoms with Gasteiger partial charge in [-0.1, -0.05) is 0 Å². The van der Waals surface area contributed by atoms with E-state index in [0.29, 0.717) is 0 Å². The van der Waals surface area contributed by atoms with Gasteiger partial charge in [-0.05, 0) is 36.4 Å². The number of aromatic carboxylic acids is 6. The molecule has 0 aliphatic carbocycles. The summed E-state index contributed by atoms with van der Waals surface area (Å²) in [7, 11) is 0. The topological polar surface area (TPSA) is 516 Å². The molecule has 0 atom stereocenters. The molecular weight excluding hydrogens is 753 g/mol. The molecule has 24 nitrogen and oxygen atoms in total. The van der Waals surface area contributed by atoms with E-state index in [9.17, 15) is 59.4 Å². The van der Waals surface area contributed by atoms with Crippen LogP contribution in [0.15, 0.2) is 36.4 Å². The summed E-state index contributed by atoms with van der Waals surface area (Å²) in [6, 6.07) is 5.88. The normalized spacial score (nSPS) is 7.47. The van der Waals surface area contributed by atoms with E-state index in [-0.39, 0.29) is 84.1 Å². The maximum absolute atomic E-state index is 10.1. The first-order chi connectivity index (χ1) is 16.8. The Morgan fingerprint density at radius 2 is 0.400 bits per heavy atom. The van der Waals surface area contributed by atoms with Crippen molar-refractivity contribution in [3.8, 4) is 0 Å². The van der Waals surface area contributed by atoms with E-state index in [4.69, 9.17) is 0 Å². The van der Waals surface area contributed by atoms with Crippen molar-refractivity contribution in [3.63, 3.8) is 0 Å². The molecule has 3 rings (SSSR count). The van der Waals surface area contributed by atoms with Crippen molar-refractivity contribution in [1.82, 2.24) is 30.6 Å². The second-order valence-corrected chi connectivity index (χ2v) is 5.64. The third kappa shape index (κ3) is 22.6. The summed E-state index contributed by atoms with van der Waals surface area (Å²) in [4.78, 5) is 60.6. The first kappa shape index (κ1) is 63.6. The van der Waals surface area contributed by atoms with Crippen LogP contribution in [-0.2, 0) is 84.1 Å². The molecule has 0 aliphatic heterocycles. The van der Waals surface area contributed by atoms with Gasteiger partial charge >= 0.3 is 51.2 Å². The van der Waals surface area contributed by atoms with Gasteiger partial charge < -0.3 is 92.3 Å². The predicted octanol–water partition coefficient (Wildman–Crippen LogP) is -13.9. The van der Waals surface area contributed by atoms with Crippen molar-refractivity contribution < 1.29 is 143 Å². The molecule has 0 amide bonds. The van der Waals surface area contributed by atoms with Crippen LogP contribution in [0, 0.1) is 0 Å². The zero-order chi connectivity index (χ0) is 27.4. The number of carbonyl (C=O) groups is 6. The number of carboxylic acids is 6. The SMILES string of the molecule is O=C([O-])c1ccc(C(=O)[O-])nn1.O=C([O-])c1ccc(C(=O)[O-])nn1.O=C([O-])c1ccc(C(=O)[O-])nn1.[Mn+2].[Mn+2].[Mn+2].[OH3+].[OH3+].[OH3+].[OH3+].[OH3+].[OH3+]. The molecular formula is C18H24Mn3N6O18+6. The van der Waals surface area contributed by atoms with Gasteiger partial charge in [-0.2, -0.15) is 0 Å². The predicted molar refractivity (Wildman–Crippen MR) is 121 cm³/mol. The van der Waals surface area contributed by atoms with E-state index in [2.05, 4.69) is 30.6 Å². The molecule has 18 N–H and O–H groups in total. The Morgan fingerprint density at radius 1 is 0.311 bits per heavy atom. The molecule has 0 spiro atoms. The summed E-state index contributed by atoms with van der Waals surface area (Å²) in [6.45, 7) is 0. The number of carboxylic acid groups (broad SMARTS) is 6. The van der Waals surface area contributed by atoms with Gasteiger partial charge in [0.1, 0.15) is 34.2 Å². The van der Waals surface area contributed by atoms with Gasteiger partial charge in [0.25, 0.3) is 0 Å². The maximum Gasteiger partial charge on any atom is 2.00 e. The van der Waals surface area contributed by atoms with Crippen LogP contribution in [0.2, 0.25) is 0 Å². The number of hydrogen-bond donors (Lipinski definition) is 0. The molecule has 0 aromatic carbocycles. The second kappa shape index (κ2) is 30.8. The zero-order valence-electron chi connectivity index (χ0n) is 21.6. The van der Waals surface area contributed by atoms with Crippen molar-refractivity contribution in [2.24, 2.45) is 0 Å². The fourth-order valence-electron chi connectivity index (χ4n) is 1.65. The molecule has 27 heteroatoms. The zero-order valence-corrected chi connectivity index (χ0v) is 25.2. The Hall–Kier alpha value is -4.62. The average Bonchev–Trinajstić information content (AvgIpc) is 2.84. The third-order valence-electron chi connectivity index (χ3n) is 3.25. The molecule has 249 valence electrons. The molecule has 0 aliphatic rings. The first-order valence-corrected chi connectivity index (χ1v) is 8.62. The molecule has 3 aromatic heterocycles. The number of hydrogen-bond acceptors (Lipinski definition) is 18. The van der Waals surface area contributed by atoms with Gasteiger partial charge in [0.2, 0.25) is 0 Å². The molecule has 0 saturated carbocycles. The summed E-state index contributed by atoms with van der Waals surface area (Å²) in [6.07, 6.45) is 0. The molecule has 0 unspecified atom stereocenters. The Labute approximate surface area is 279 Å². The van der Waals surface area contributed by atoms with E-state index in [1.165, 1.54) is 0 Å². The van der Waals surface area contributed by atoms with E-state index in [1.54, 1.807) is 0 Å². The van der Waals surface area contributed by atoms with Crippen LogP contribution in [0.4, 0.5) is 0 Å². The van der Waals surface area contributed by atoms with Gasteiger partial charge in [0, 0.05) is 0 Å². The minimum atomic E-state index is -1.51. The summed E-state index contributed by atoms with van der Waals surface area (Å²) in [5.41, 5.74) is -2.50. The van der Waals surface area contributed by atoms with Crippen molar-refractivity contribution in [3.05, 3.63) is 70.6 Å². The van der Waals surface area contributed by atoms with Crippen LogP contribution in [0.5, 0.6) is 0 Å². The molecule has 0 bridgehead atoms. The van der Waals surface area contributed by atoms with Gasteiger partial charge in [-0.15, -0.1) is 30.6 Å². The Kier molecular flexibility index (Phi) is 43.6. The van der Waals surface area contributed by atoms with Crippen molar-refractivity contribution in [2.45, 2.75) is 0 Å². The van der Waals surface area contributed by atoms with Crippen LogP contribution in [0.1, 0.15) is 62.9 Å². The average molecular weight is 777 g/mol. The van der Waals surface area contributed by atoms with Crippen LogP contribution in [0.25, 0.3) is 0 Å². The van der Waals surface area contributed by atoms with E-state index in [1.807, 2.05) is 0 Å². The Morgan fingerprint density at radius 3 is 0.444 bits per heavy atom. The fraction of sp³-hybridized carbons (Fsp3) is 0. The molecule has 45 heavy (non-hydrogen) atoms. The Balaban J connectivity index is -0.0000000561. The monoisotopic (exact) mass is 777 g/mol. The smallest absolute Gasteiger partial charge is 0.543 e. The van der Waals surface area contributed by atoms with E-state index < -0.39 is 70.0 Å². The minimum absolute atomic E-state index is 0. The molecule has 3 aromatic rings. The Bertz CT molecular complexity index is 1040. The van der Waals surface area contributed by atoms with Crippen LogP contribution in [0.3, 0.4) is 0 Å². The number of rotatable bonds is 6. The summed E-state index contributed by atoms with van der Waals surface area (Å²) >= 11 is 0. The third-order valence-corrected chi connectivity index (χ3v) is 3.25. The number of carbonyl (C=O) groups excluding carboxylic acids is 6. The van der Waals surface area contributed by atoms with Crippen molar-refractivity contribution in [1.29, 1.82) is 0 Å². The van der Waals surface area contributed by atoms with Gasteiger partial charge in [0.05, 0.1) is 35.8 Å². The summed E-state index contributed by atoms with van der Waals surface area (Å²) in [5, 5.41) is 79.0. The van der Waals surface area contributed by atoms with Crippen LogP contribution >= 0.6 is 0 Å². The van der Waals surface area contributed by atoms with Gasteiger partial charge in [-0.3, -0.25) is 0 Å². The largest absolute Gasteiger partial charge is 2.00 e. The summed E-state index contributed by atoms with van der Waals surface area (Å²) in [5.74, 6) is -9.04. The fourth-order valence-corrected chi connectivity index (χ4v) is 1.65. The molecule has 0 fully saturated rings. The second-order valence-electron chi connectivity index (χ2n) is 5.64. The number of aromatic nitrogens is 6. The number of nitrogens with zero attached hydrogens (tertiary/aromatic N) is 6. The van der Waals surface area contributed by atoms with Crippen LogP contribution < -0.4 is 30.6 Å². The van der Waals surface area contributed by atoms with Crippen molar-refractivity contribution in [2.75, 3.05) is 0 Å².